The highest BCUT2D eigenvalue weighted by Gasteiger charge is 2.49. The molecule has 160 valence electrons. The zero-order valence-corrected chi connectivity index (χ0v) is 18.8. The Morgan fingerprint density at radius 3 is 1.33 bits per heavy atom. The standard InChI is InChI=1S/C23H44O4/c1-7-9-11-13-15-26-21(24)23(17-19(3)4,18-20(5)6)22(25)27-16-14-12-10-8-2/h19-20H,7-18H2,1-6H3. The summed E-state index contributed by atoms with van der Waals surface area (Å²) in [5.74, 6) is -0.354. The van der Waals surface area contributed by atoms with E-state index in [1.54, 1.807) is 0 Å². The quantitative estimate of drug-likeness (QED) is 0.178. The van der Waals surface area contributed by atoms with Crippen molar-refractivity contribution in [2.24, 2.45) is 17.3 Å². The molecule has 0 fully saturated rings. The predicted octanol–water partition coefficient (Wildman–Crippen LogP) is 6.31. The zero-order chi connectivity index (χ0) is 20.7. The third-order valence-corrected chi connectivity index (χ3v) is 4.76. The predicted molar refractivity (Wildman–Crippen MR) is 112 cm³/mol. The Labute approximate surface area is 167 Å². The van der Waals surface area contributed by atoms with Crippen LogP contribution in [-0.4, -0.2) is 25.2 Å². The summed E-state index contributed by atoms with van der Waals surface area (Å²) in [4.78, 5) is 26.0. The van der Waals surface area contributed by atoms with Gasteiger partial charge in [-0.05, 0) is 37.5 Å². The number of carbonyl (C=O) groups excluding carboxylic acids is 2. The highest BCUT2D eigenvalue weighted by atomic mass is 16.6. The smallest absolute Gasteiger partial charge is 0.323 e. The topological polar surface area (TPSA) is 52.6 Å². The first-order valence-corrected chi connectivity index (χ1v) is 11.1. The van der Waals surface area contributed by atoms with Gasteiger partial charge in [0.2, 0.25) is 0 Å². The summed E-state index contributed by atoms with van der Waals surface area (Å²) in [5.41, 5.74) is -1.17. The van der Waals surface area contributed by atoms with Crippen molar-refractivity contribution in [1.82, 2.24) is 0 Å². The van der Waals surface area contributed by atoms with Gasteiger partial charge < -0.3 is 9.47 Å². The molecule has 0 heterocycles. The molecule has 0 aliphatic rings. The average molecular weight is 385 g/mol. The molecule has 4 heteroatoms. The molecule has 0 aromatic rings. The molecule has 0 aliphatic heterocycles. The molecule has 0 saturated heterocycles. The molecule has 0 radical (unpaired) electrons. The van der Waals surface area contributed by atoms with E-state index in [2.05, 4.69) is 13.8 Å². The lowest BCUT2D eigenvalue weighted by Gasteiger charge is -2.32. The second-order valence-electron chi connectivity index (χ2n) is 8.67. The van der Waals surface area contributed by atoms with Crippen LogP contribution in [0.5, 0.6) is 0 Å². The van der Waals surface area contributed by atoms with Crippen molar-refractivity contribution in [3.8, 4) is 0 Å². The van der Waals surface area contributed by atoms with Crippen molar-refractivity contribution in [1.29, 1.82) is 0 Å². The first kappa shape index (κ1) is 25.9. The van der Waals surface area contributed by atoms with Crippen LogP contribution in [0.3, 0.4) is 0 Å². The molecule has 0 spiro atoms. The Kier molecular flexibility index (Phi) is 14.3. The molecular weight excluding hydrogens is 340 g/mol. The van der Waals surface area contributed by atoms with Gasteiger partial charge in [-0.25, -0.2) is 0 Å². The molecule has 0 N–H and O–H groups in total. The van der Waals surface area contributed by atoms with E-state index in [1.165, 1.54) is 0 Å². The molecule has 0 unspecified atom stereocenters. The first-order chi connectivity index (χ1) is 12.8. The van der Waals surface area contributed by atoms with Gasteiger partial charge in [-0.15, -0.1) is 0 Å². The normalized spacial score (nSPS) is 11.9. The van der Waals surface area contributed by atoms with E-state index >= 15 is 0 Å². The summed E-state index contributed by atoms with van der Waals surface area (Å²) in [6, 6.07) is 0. The van der Waals surface area contributed by atoms with Gasteiger partial charge in [0, 0.05) is 0 Å². The van der Waals surface area contributed by atoms with E-state index in [9.17, 15) is 9.59 Å². The maximum Gasteiger partial charge on any atom is 0.323 e. The van der Waals surface area contributed by atoms with E-state index in [0.717, 1.165) is 51.4 Å². The number of hydrogen-bond donors (Lipinski definition) is 0. The second-order valence-corrected chi connectivity index (χ2v) is 8.67. The molecule has 0 aliphatic carbocycles. The molecule has 0 saturated carbocycles. The molecule has 4 nitrogen and oxygen atoms in total. The minimum absolute atomic E-state index is 0.212. The van der Waals surface area contributed by atoms with Crippen LogP contribution in [0.1, 0.15) is 106 Å². The Hall–Kier alpha value is -1.06. The van der Waals surface area contributed by atoms with Gasteiger partial charge in [0.05, 0.1) is 13.2 Å². The van der Waals surface area contributed by atoms with E-state index in [4.69, 9.17) is 9.47 Å². The van der Waals surface area contributed by atoms with Crippen LogP contribution in [0.25, 0.3) is 0 Å². The van der Waals surface area contributed by atoms with Gasteiger partial charge in [0.25, 0.3) is 0 Å². The number of esters is 2. The third-order valence-electron chi connectivity index (χ3n) is 4.76. The molecule has 0 aromatic carbocycles. The van der Waals surface area contributed by atoms with Crippen molar-refractivity contribution in [2.75, 3.05) is 13.2 Å². The number of rotatable bonds is 16. The van der Waals surface area contributed by atoms with E-state index in [0.29, 0.717) is 26.1 Å². The van der Waals surface area contributed by atoms with Crippen LogP contribution in [0.4, 0.5) is 0 Å². The highest BCUT2D eigenvalue weighted by Crippen LogP contribution is 2.37. The van der Waals surface area contributed by atoms with Crippen molar-refractivity contribution in [3.05, 3.63) is 0 Å². The van der Waals surface area contributed by atoms with Gasteiger partial charge in [-0.3, -0.25) is 9.59 Å². The second kappa shape index (κ2) is 14.9. The van der Waals surface area contributed by atoms with Crippen LogP contribution in [-0.2, 0) is 19.1 Å². The summed E-state index contributed by atoms with van der Waals surface area (Å²) in [7, 11) is 0. The van der Waals surface area contributed by atoms with Crippen LogP contribution >= 0.6 is 0 Å². The molecule has 0 amide bonds. The summed E-state index contributed by atoms with van der Waals surface area (Å²) >= 11 is 0. The van der Waals surface area contributed by atoms with E-state index in [-0.39, 0.29) is 23.8 Å². The molecular formula is C23H44O4. The van der Waals surface area contributed by atoms with Crippen LogP contribution in [0.2, 0.25) is 0 Å². The summed E-state index contributed by atoms with van der Waals surface area (Å²) < 4.78 is 11.2. The van der Waals surface area contributed by atoms with Crippen molar-refractivity contribution in [3.63, 3.8) is 0 Å². The Balaban J connectivity index is 5.07. The third kappa shape index (κ3) is 10.8. The highest BCUT2D eigenvalue weighted by molar-refractivity contribution is 6.00. The van der Waals surface area contributed by atoms with Crippen LogP contribution < -0.4 is 0 Å². The average Bonchev–Trinajstić information content (AvgIpc) is 2.59. The Morgan fingerprint density at radius 1 is 0.667 bits per heavy atom. The number of hydrogen-bond acceptors (Lipinski definition) is 4. The van der Waals surface area contributed by atoms with Gasteiger partial charge in [0.15, 0.2) is 5.41 Å². The maximum atomic E-state index is 13.0. The summed E-state index contributed by atoms with van der Waals surface area (Å²) in [6.45, 7) is 13.2. The maximum absolute atomic E-state index is 13.0. The van der Waals surface area contributed by atoms with Gasteiger partial charge in [0.1, 0.15) is 0 Å². The summed E-state index contributed by atoms with van der Waals surface area (Å²) in [5, 5.41) is 0. The minimum Gasteiger partial charge on any atom is -0.465 e. The largest absolute Gasteiger partial charge is 0.465 e. The molecule has 27 heavy (non-hydrogen) atoms. The summed E-state index contributed by atoms with van der Waals surface area (Å²) in [6.07, 6.45) is 9.32. The van der Waals surface area contributed by atoms with E-state index < -0.39 is 5.41 Å². The molecule has 0 rings (SSSR count). The van der Waals surface area contributed by atoms with Gasteiger partial charge >= 0.3 is 11.9 Å². The van der Waals surface area contributed by atoms with Crippen LogP contribution in [0.15, 0.2) is 0 Å². The monoisotopic (exact) mass is 384 g/mol. The molecule has 0 aromatic heterocycles. The van der Waals surface area contributed by atoms with Crippen LogP contribution in [0, 0.1) is 17.3 Å². The minimum atomic E-state index is -1.17. The van der Waals surface area contributed by atoms with Crippen molar-refractivity contribution in [2.45, 2.75) is 106 Å². The SMILES string of the molecule is CCCCCCOC(=O)C(CC(C)C)(CC(C)C)C(=O)OCCCCCC. The Bertz CT molecular complexity index is 363. The number of carbonyl (C=O) groups is 2. The lowest BCUT2D eigenvalue weighted by atomic mass is 9.74. The zero-order valence-electron chi connectivity index (χ0n) is 18.8. The number of unbranched alkanes of at least 4 members (excludes halogenated alkanes) is 6. The molecule has 0 bridgehead atoms. The fourth-order valence-electron chi connectivity index (χ4n) is 3.56. The van der Waals surface area contributed by atoms with Crippen molar-refractivity contribution >= 4 is 11.9 Å². The molecule has 0 atom stereocenters. The fourth-order valence-corrected chi connectivity index (χ4v) is 3.56. The fraction of sp³-hybridized carbons (Fsp3) is 0.913. The van der Waals surface area contributed by atoms with E-state index in [1.807, 2.05) is 27.7 Å². The van der Waals surface area contributed by atoms with Crippen molar-refractivity contribution < 1.29 is 19.1 Å². The number of ether oxygens (including phenoxy) is 2. The Morgan fingerprint density at radius 2 is 1.04 bits per heavy atom. The van der Waals surface area contributed by atoms with Gasteiger partial charge in [-0.2, -0.15) is 0 Å². The first-order valence-electron chi connectivity index (χ1n) is 11.1. The van der Waals surface area contributed by atoms with Gasteiger partial charge in [-0.1, -0.05) is 80.1 Å². The lowest BCUT2D eigenvalue weighted by molar-refractivity contribution is -0.175. The lowest BCUT2D eigenvalue weighted by Crippen LogP contribution is -2.44.